The zero-order valence-electron chi connectivity index (χ0n) is 63.8. The number of hydrogen-bond donors (Lipinski definition) is 16. The Labute approximate surface area is 717 Å². The molecule has 0 aliphatic heterocycles. The number of thiophene rings is 4. The minimum atomic E-state index is -3.79. The van der Waals surface area contributed by atoms with Gasteiger partial charge in [0.15, 0.2) is 70.1 Å². The lowest BCUT2D eigenvalue weighted by molar-refractivity contribution is -0.146. The van der Waals surface area contributed by atoms with Gasteiger partial charge < -0.3 is 46.8 Å². The summed E-state index contributed by atoms with van der Waals surface area (Å²) in [6.45, 7) is 10.1. The number of nitrogens with zero attached hydrogens (tertiary/aromatic N) is 12. The second kappa shape index (κ2) is 36.3. The molecule has 4 saturated carbocycles. The van der Waals surface area contributed by atoms with Crippen LogP contribution in [0.2, 0.25) is 5.02 Å². The molecule has 0 saturated heterocycles. The highest BCUT2D eigenvalue weighted by Crippen LogP contribution is 2.44. The number of H-pyrrole nitrogens is 4. The van der Waals surface area contributed by atoms with Gasteiger partial charge in [0.25, 0.3) is 20.0 Å². The predicted octanol–water partition coefficient (Wildman–Crippen LogP) is 14.7. The van der Waals surface area contributed by atoms with Crippen LogP contribution in [0.25, 0.3) is 48.9 Å². The Bertz CT molecular complexity index is 6220. The number of aromatic amines is 4. The highest BCUT2D eigenvalue weighted by atomic mass is 35.5. The zero-order chi connectivity index (χ0) is 83.8. The fraction of sp³-hybridized carbons (Fsp3) is 0.320. The van der Waals surface area contributed by atoms with Crippen LogP contribution in [0.4, 0.5) is 46.5 Å². The van der Waals surface area contributed by atoms with E-state index in [0.717, 1.165) is 107 Å². The number of nitrogens with two attached hydrogens (primary N) is 1. The number of carbonyl (C=O) groups is 1. The van der Waals surface area contributed by atoms with Gasteiger partial charge in [0.05, 0.1) is 43.4 Å². The predicted molar refractivity (Wildman–Crippen MR) is 477 cm³/mol. The van der Waals surface area contributed by atoms with Gasteiger partial charge in [-0.15, -0.1) is 45.3 Å². The minimum absolute atomic E-state index is 0. The van der Waals surface area contributed by atoms with Crippen LogP contribution in [0, 0.1) is 23.7 Å². The van der Waals surface area contributed by atoms with Crippen LogP contribution in [0.3, 0.4) is 0 Å². The topological polar surface area (TPSA) is 537 Å². The Morgan fingerprint density at radius 1 is 0.525 bits per heavy atom. The van der Waals surface area contributed by atoms with E-state index in [0.29, 0.717) is 140 Å². The van der Waals surface area contributed by atoms with E-state index in [1.807, 2.05) is 24.3 Å². The number of primary sulfonamides is 1. The SMILES string of the molecule is CC(C)(C)NS(=O)(=O)c1ccc(-c2ncc(/C=C/CO)c(Nc3cc(C4CC4)[nH]n3)n2)s1.CC(C)(C)NS(=O)(=O)c1ccc(-c2ncc(C#CCO)c(Nc3cc(C4CC4)[nH]n3)n2)s1.NS(=O)(=O)c1ccc(-c2ncc(C#CCO)c(Nc3cc(C4CC4)[nH]n3)n2)s1.O=C(O)C(O)c1ccc(-c2ncc(Cl)c(Nc3cc(C4CC4)[nH]n3)n2)s1.[HH].[HH].[HH].[HH].[HH].[HH].[HH].[HH].[HH].[HH].[HH].[HH].[HH]. The fourth-order valence-corrected chi connectivity index (χ4v) is 19.1. The number of anilines is 8. The van der Waals surface area contributed by atoms with Crippen LogP contribution in [-0.2, 0) is 34.9 Å². The first-order valence-corrected chi connectivity index (χ1v) is 44.7. The van der Waals surface area contributed by atoms with E-state index in [2.05, 4.69) is 135 Å². The van der Waals surface area contributed by atoms with Gasteiger partial charge in [0.1, 0.15) is 36.7 Å². The summed E-state index contributed by atoms with van der Waals surface area (Å²) >= 11 is 10.5. The van der Waals surface area contributed by atoms with E-state index < -0.39 is 53.2 Å². The summed E-state index contributed by atoms with van der Waals surface area (Å²) in [7, 11) is -11.1. The van der Waals surface area contributed by atoms with E-state index in [-0.39, 0.29) is 51.0 Å². The van der Waals surface area contributed by atoms with Crippen LogP contribution < -0.4 is 35.9 Å². The lowest BCUT2D eigenvalue weighted by Crippen LogP contribution is -2.40. The van der Waals surface area contributed by atoms with Gasteiger partial charge in [-0.1, -0.05) is 47.4 Å². The standard InChI is InChI=1S/C21H26N6O3S2.C21H24N6O3S2.C17H16N6O3S2.C16H14ClN5O3S.13H2/c2*1-21(2,3)27-32(29,30)18-9-8-16(31-18)20-22-12-14(5-4-10-28)19(24-20)23-17-11-15(25-26-17)13-6-7-13;18-28(25,26)15-6-5-13(27-15)17-19-9-11(2-1-7-24)16(21-17)20-14-8-12(22-23-14)10-3-4-10;17-8-6-18-15(11-4-3-10(26-11)13(23)16(24)25)20-14(8)19-12-5-9(21-22-12)7-1-2-7;;;;;;;;;;;;;/h4-5,8-9,11-13,27-28H,6-7,10H2,1-3H3,(H2,22,23,24,25,26);8-9,11-13,27-28H,6-7,10H2,1-3H3,(H2,22,23,24,25,26);5-6,8-10,24H,3-4,7H2,(H2,18,25,26)(H2,19,20,21,22,23);3-7,13,23H,1-2H2,(H,24,25)(H2,18,19,20,21,22);13*1H/b5-4+;;;;;;;;;;;;;;;;. The summed E-state index contributed by atoms with van der Waals surface area (Å²) in [5.41, 5.74) is 4.80. The molecule has 12 aromatic heterocycles. The molecule has 0 aromatic carbocycles. The van der Waals surface area contributed by atoms with Crippen molar-refractivity contribution < 1.29 is 74.1 Å². The van der Waals surface area contributed by atoms with Gasteiger partial charge in [0, 0.05) is 129 Å². The lowest BCUT2D eigenvalue weighted by atomic mass is 10.1. The number of aliphatic hydroxyl groups excluding tert-OH is 4. The second-order valence-electron chi connectivity index (χ2n) is 29.3. The molecule has 17 N–H and O–H groups in total. The molecule has 4 aliphatic rings. The van der Waals surface area contributed by atoms with Crippen molar-refractivity contribution in [2.75, 3.05) is 41.1 Å². The average molecular weight is 1780 g/mol. The van der Waals surface area contributed by atoms with E-state index in [9.17, 15) is 35.2 Å². The highest BCUT2D eigenvalue weighted by molar-refractivity contribution is 7.92. The number of aliphatic hydroxyl groups is 4. The smallest absolute Gasteiger partial charge is 0.338 e. The van der Waals surface area contributed by atoms with Crippen LogP contribution in [0.1, 0.15) is 186 Å². The van der Waals surface area contributed by atoms with Crippen molar-refractivity contribution in [3.63, 3.8) is 0 Å². The number of hydrogen-bond acceptors (Lipinski definition) is 31. The Morgan fingerprint density at radius 3 is 1.25 bits per heavy atom. The van der Waals surface area contributed by atoms with E-state index in [1.165, 1.54) is 31.3 Å². The molecule has 0 spiro atoms. The molecular formula is C75H106ClN23O12S7. The van der Waals surface area contributed by atoms with E-state index in [1.54, 1.807) is 109 Å². The zero-order valence-corrected chi connectivity index (χ0v) is 70.3. The number of rotatable bonds is 25. The maximum Gasteiger partial charge on any atom is 0.338 e. The minimum Gasteiger partial charge on any atom is -0.479 e. The van der Waals surface area contributed by atoms with Crippen molar-refractivity contribution in [2.45, 2.75) is 146 Å². The number of carboxylic acid groups (broad SMARTS) is 1. The van der Waals surface area contributed by atoms with E-state index in [4.69, 9.17) is 37.2 Å². The second-order valence-corrected chi connectivity index (χ2v) is 39.7. The Balaban J connectivity index is 0.00000167. The summed E-state index contributed by atoms with van der Waals surface area (Å²) in [6.07, 6.45) is 17.2. The van der Waals surface area contributed by atoms with Crippen LogP contribution >= 0.6 is 56.9 Å². The van der Waals surface area contributed by atoms with Crippen molar-refractivity contribution in [2.24, 2.45) is 5.14 Å². The molecular weight excluding hydrogens is 1670 g/mol. The average Bonchev–Trinajstić information content (AvgIpc) is 1.58. The first kappa shape index (κ1) is 85.2. The molecule has 0 radical (unpaired) electrons. The Kier molecular flexibility index (Phi) is 26.2. The summed E-state index contributed by atoms with van der Waals surface area (Å²) < 4.78 is 79.3. The van der Waals surface area contributed by atoms with Gasteiger partial charge >= 0.3 is 5.97 Å². The Hall–Kier alpha value is -10.7. The van der Waals surface area contributed by atoms with Crippen molar-refractivity contribution >= 4 is 146 Å². The third-order valence-corrected chi connectivity index (χ3v) is 27.6. The highest BCUT2D eigenvalue weighted by Gasteiger charge is 2.32. The number of aliphatic carboxylic acids is 1. The molecule has 4 fully saturated rings. The molecule has 43 heteroatoms. The molecule has 1 atom stereocenters. The fourth-order valence-electron chi connectivity index (χ4n) is 11.0. The maximum atomic E-state index is 12.6. The van der Waals surface area contributed by atoms with Crippen LogP contribution in [0.15, 0.2) is 116 Å². The Morgan fingerprint density at radius 2 is 0.873 bits per heavy atom. The molecule has 0 amide bonds. The van der Waals surface area contributed by atoms with E-state index >= 15 is 0 Å². The summed E-state index contributed by atoms with van der Waals surface area (Å²) in [5, 5.41) is 92.9. The monoisotopic (exact) mass is 1780 g/mol. The molecule has 4 aliphatic carbocycles. The lowest BCUT2D eigenvalue weighted by Gasteiger charge is -2.19. The molecule has 16 rings (SSSR count). The first-order valence-electron chi connectivity index (χ1n) is 36.6. The molecule has 1 unspecified atom stereocenters. The van der Waals surface area contributed by atoms with Crippen molar-refractivity contribution in [3.05, 3.63) is 153 Å². The number of carboxylic acids is 1. The molecule has 0 bridgehead atoms. The van der Waals surface area contributed by atoms with Crippen LogP contribution in [0.5, 0.6) is 0 Å². The summed E-state index contributed by atoms with van der Waals surface area (Å²) in [4.78, 5) is 48.8. The van der Waals surface area contributed by atoms with Gasteiger partial charge in [-0.25, -0.2) is 84.5 Å². The molecule has 642 valence electrons. The molecule has 118 heavy (non-hydrogen) atoms. The van der Waals surface area contributed by atoms with Crippen molar-refractivity contribution in [1.29, 1.82) is 0 Å². The first-order chi connectivity index (χ1) is 56.2. The van der Waals surface area contributed by atoms with Gasteiger partial charge in [-0.3, -0.25) is 20.4 Å². The van der Waals surface area contributed by atoms with Gasteiger partial charge in [0.2, 0.25) is 10.0 Å². The summed E-state index contributed by atoms with van der Waals surface area (Å²) in [5.74, 6) is 17.3. The number of aromatic nitrogens is 16. The normalized spacial score (nSPS) is 14.4. The quantitative estimate of drug-likeness (QED) is 0.0236. The molecule has 12 aromatic rings. The summed E-state index contributed by atoms with van der Waals surface area (Å²) in [6, 6.07) is 20.5. The van der Waals surface area contributed by atoms with Crippen molar-refractivity contribution in [1.82, 2.24) is 90.1 Å². The maximum absolute atomic E-state index is 12.6. The van der Waals surface area contributed by atoms with Gasteiger partial charge in [-0.05, 0) is 141 Å². The molecule has 12 heterocycles. The van der Waals surface area contributed by atoms with Crippen LogP contribution in [-0.4, -0.2) is 168 Å². The number of nitrogens with one attached hydrogen (secondary N) is 10. The third kappa shape index (κ3) is 23.0. The largest absolute Gasteiger partial charge is 0.479 e. The van der Waals surface area contributed by atoms with Crippen molar-refractivity contribution in [3.8, 4) is 66.5 Å². The van der Waals surface area contributed by atoms with Gasteiger partial charge in [-0.2, -0.15) is 20.4 Å². The molecule has 35 nitrogen and oxygen atoms in total. The number of halogens is 1. The number of sulfonamides is 3. The third-order valence-electron chi connectivity index (χ3n) is 17.0.